The number of benzene rings is 1. The number of carbonyl (C=O) groups is 2. The van der Waals surface area contributed by atoms with E-state index in [4.69, 9.17) is 4.74 Å². The summed E-state index contributed by atoms with van der Waals surface area (Å²) in [7, 11) is 0. The van der Waals surface area contributed by atoms with Crippen LogP contribution in [0.25, 0.3) is 0 Å². The maximum Gasteiger partial charge on any atom is 0.311 e. The molecule has 1 fully saturated rings. The van der Waals surface area contributed by atoms with Gasteiger partial charge in [-0.05, 0) is 31.9 Å². The summed E-state index contributed by atoms with van der Waals surface area (Å²) >= 11 is 0. The summed E-state index contributed by atoms with van der Waals surface area (Å²) in [5.74, 6) is -0.581. The zero-order chi connectivity index (χ0) is 16.1. The third-order valence-corrected chi connectivity index (χ3v) is 3.64. The molecular weight excluding hydrogens is 288 g/mol. The van der Waals surface area contributed by atoms with Crippen LogP contribution in [0.5, 0.6) is 5.75 Å². The first-order valence-electron chi connectivity index (χ1n) is 7.19. The summed E-state index contributed by atoms with van der Waals surface area (Å²) in [5.41, 5.74) is -0.0872. The number of rotatable bonds is 6. The van der Waals surface area contributed by atoms with E-state index in [0.717, 1.165) is 31.7 Å². The van der Waals surface area contributed by atoms with Crippen LogP contribution in [-0.4, -0.2) is 29.3 Å². The van der Waals surface area contributed by atoms with Crippen LogP contribution in [0.15, 0.2) is 18.2 Å². The zero-order valence-corrected chi connectivity index (χ0v) is 12.3. The molecule has 0 unspecified atom stereocenters. The van der Waals surface area contributed by atoms with E-state index in [-0.39, 0.29) is 41.3 Å². The molecule has 22 heavy (non-hydrogen) atoms. The summed E-state index contributed by atoms with van der Waals surface area (Å²) in [6.45, 7) is 1.05. The van der Waals surface area contributed by atoms with Crippen molar-refractivity contribution in [3.05, 3.63) is 33.9 Å². The molecule has 7 nitrogen and oxygen atoms in total. The molecule has 0 aromatic heterocycles. The van der Waals surface area contributed by atoms with Gasteiger partial charge in [0, 0.05) is 17.7 Å². The first-order valence-corrected chi connectivity index (χ1v) is 7.19. The highest BCUT2D eigenvalue weighted by atomic mass is 16.6. The molecular formula is C15H18N2O5. The van der Waals surface area contributed by atoms with Crippen LogP contribution in [0.2, 0.25) is 0 Å². The lowest BCUT2D eigenvalue weighted by Crippen LogP contribution is -2.36. The number of amides is 1. The molecule has 7 heteroatoms. The van der Waals surface area contributed by atoms with Crippen LogP contribution >= 0.6 is 0 Å². The third kappa shape index (κ3) is 4.03. The SMILES string of the molecule is CC(=O)c1ccc(OCC(=O)NC2CCCC2)c([N+](=O)[O-])c1. The molecule has 1 aromatic carbocycles. The molecule has 2 rings (SSSR count). The predicted molar refractivity (Wildman–Crippen MR) is 79.0 cm³/mol. The zero-order valence-electron chi connectivity index (χ0n) is 12.3. The molecule has 118 valence electrons. The number of carbonyl (C=O) groups excluding carboxylic acids is 2. The van der Waals surface area contributed by atoms with Crippen molar-refractivity contribution in [2.45, 2.75) is 38.6 Å². The molecule has 0 bridgehead atoms. The van der Waals surface area contributed by atoms with Crippen molar-refractivity contribution >= 4 is 17.4 Å². The van der Waals surface area contributed by atoms with E-state index in [9.17, 15) is 19.7 Å². The van der Waals surface area contributed by atoms with Crippen molar-refractivity contribution in [3.63, 3.8) is 0 Å². The second kappa shape index (κ2) is 7.02. The van der Waals surface area contributed by atoms with Crippen molar-refractivity contribution in [2.24, 2.45) is 0 Å². The standard InChI is InChI=1S/C15H18N2O5/c1-10(18)11-6-7-14(13(8-11)17(20)21)22-9-15(19)16-12-4-2-3-5-12/h6-8,12H,2-5,9H2,1H3,(H,16,19). The van der Waals surface area contributed by atoms with E-state index in [0.29, 0.717) is 0 Å². The molecule has 0 heterocycles. The molecule has 0 aliphatic heterocycles. The van der Waals surface area contributed by atoms with Crippen LogP contribution < -0.4 is 10.1 Å². The smallest absolute Gasteiger partial charge is 0.311 e. The molecule has 1 amide bonds. The second-order valence-corrected chi connectivity index (χ2v) is 5.33. The Balaban J connectivity index is 2.00. The fourth-order valence-corrected chi connectivity index (χ4v) is 2.48. The van der Waals surface area contributed by atoms with E-state index >= 15 is 0 Å². The fraction of sp³-hybridized carbons (Fsp3) is 0.467. The van der Waals surface area contributed by atoms with E-state index in [2.05, 4.69) is 5.32 Å². The summed E-state index contributed by atoms with van der Waals surface area (Å²) < 4.78 is 5.24. The Labute approximate surface area is 127 Å². The van der Waals surface area contributed by atoms with E-state index in [1.54, 1.807) is 0 Å². The van der Waals surface area contributed by atoms with Crippen LogP contribution in [0.1, 0.15) is 43.0 Å². The highest BCUT2D eigenvalue weighted by Crippen LogP contribution is 2.28. The second-order valence-electron chi connectivity index (χ2n) is 5.33. The molecule has 1 aliphatic carbocycles. The van der Waals surface area contributed by atoms with Gasteiger partial charge in [-0.1, -0.05) is 12.8 Å². The molecule has 1 saturated carbocycles. The highest BCUT2D eigenvalue weighted by molar-refractivity contribution is 5.95. The summed E-state index contributed by atoms with van der Waals surface area (Å²) in [4.78, 5) is 33.4. The van der Waals surface area contributed by atoms with Gasteiger partial charge >= 0.3 is 5.69 Å². The topological polar surface area (TPSA) is 98.5 Å². The minimum atomic E-state index is -0.628. The van der Waals surface area contributed by atoms with Crippen molar-refractivity contribution in [1.82, 2.24) is 5.32 Å². The quantitative estimate of drug-likeness (QED) is 0.493. The van der Waals surface area contributed by atoms with Gasteiger partial charge in [-0.2, -0.15) is 0 Å². The molecule has 1 aromatic rings. The largest absolute Gasteiger partial charge is 0.477 e. The first-order chi connectivity index (χ1) is 10.5. The first kappa shape index (κ1) is 15.9. The van der Waals surface area contributed by atoms with Crippen LogP contribution in [0.4, 0.5) is 5.69 Å². The van der Waals surface area contributed by atoms with Gasteiger partial charge in [0.05, 0.1) is 4.92 Å². The van der Waals surface area contributed by atoms with Crippen LogP contribution in [0.3, 0.4) is 0 Å². The predicted octanol–water partition coefficient (Wildman–Crippen LogP) is 2.24. The number of Topliss-reactive ketones (excluding diaryl/α,β-unsaturated/α-hetero) is 1. The van der Waals surface area contributed by atoms with Gasteiger partial charge in [0.2, 0.25) is 0 Å². The summed E-state index contributed by atoms with van der Waals surface area (Å²) in [6, 6.07) is 4.12. The van der Waals surface area contributed by atoms with Crippen molar-refractivity contribution in [2.75, 3.05) is 6.61 Å². The average Bonchev–Trinajstić information content (AvgIpc) is 2.97. The Morgan fingerprint density at radius 3 is 2.64 bits per heavy atom. The molecule has 0 radical (unpaired) electrons. The monoisotopic (exact) mass is 306 g/mol. The normalized spacial score (nSPS) is 14.6. The van der Waals surface area contributed by atoms with Gasteiger partial charge in [0.15, 0.2) is 18.1 Å². The number of hydrogen-bond donors (Lipinski definition) is 1. The van der Waals surface area contributed by atoms with Crippen molar-refractivity contribution < 1.29 is 19.2 Å². The summed E-state index contributed by atoms with van der Waals surface area (Å²) in [6.07, 6.45) is 4.12. The third-order valence-electron chi connectivity index (χ3n) is 3.64. The highest BCUT2D eigenvalue weighted by Gasteiger charge is 2.20. The Hall–Kier alpha value is -2.44. The van der Waals surface area contributed by atoms with Crippen LogP contribution in [-0.2, 0) is 4.79 Å². The van der Waals surface area contributed by atoms with Gasteiger partial charge in [0.25, 0.3) is 5.91 Å². The van der Waals surface area contributed by atoms with E-state index in [1.165, 1.54) is 19.1 Å². The maximum atomic E-state index is 11.8. The van der Waals surface area contributed by atoms with Gasteiger partial charge in [0.1, 0.15) is 0 Å². The number of ketones is 1. The Morgan fingerprint density at radius 1 is 1.36 bits per heavy atom. The Bertz CT molecular complexity index is 594. The van der Waals surface area contributed by atoms with Gasteiger partial charge in [-0.25, -0.2) is 0 Å². The lowest BCUT2D eigenvalue weighted by Gasteiger charge is -2.12. The van der Waals surface area contributed by atoms with E-state index < -0.39 is 4.92 Å². The number of nitrogens with one attached hydrogen (secondary N) is 1. The minimum Gasteiger partial charge on any atom is -0.477 e. The average molecular weight is 306 g/mol. The van der Waals surface area contributed by atoms with E-state index in [1.807, 2.05) is 0 Å². The maximum absolute atomic E-state index is 11.8. The molecule has 0 saturated heterocycles. The number of nitrogens with zero attached hydrogens (tertiary/aromatic N) is 1. The van der Waals surface area contributed by atoms with Gasteiger partial charge in [-0.15, -0.1) is 0 Å². The van der Waals surface area contributed by atoms with Crippen molar-refractivity contribution in [1.29, 1.82) is 0 Å². The minimum absolute atomic E-state index is 0.0171. The Morgan fingerprint density at radius 2 is 2.05 bits per heavy atom. The number of hydrogen-bond acceptors (Lipinski definition) is 5. The lowest BCUT2D eigenvalue weighted by atomic mass is 10.1. The molecule has 1 N–H and O–H groups in total. The van der Waals surface area contributed by atoms with Gasteiger partial charge < -0.3 is 10.1 Å². The summed E-state index contributed by atoms with van der Waals surface area (Å²) in [5, 5.41) is 13.9. The van der Waals surface area contributed by atoms with Crippen molar-refractivity contribution in [3.8, 4) is 5.75 Å². The number of nitro benzene ring substituents is 1. The molecule has 0 atom stereocenters. The molecule has 1 aliphatic rings. The number of ether oxygens (including phenoxy) is 1. The fourth-order valence-electron chi connectivity index (χ4n) is 2.48. The number of nitro groups is 1. The molecule has 0 spiro atoms. The lowest BCUT2D eigenvalue weighted by molar-refractivity contribution is -0.385. The van der Waals surface area contributed by atoms with Gasteiger partial charge in [-0.3, -0.25) is 19.7 Å². The van der Waals surface area contributed by atoms with Crippen LogP contribution in [0, 0.1) is 10.1 Å². The Kier molecular flexibility index (Phi) is 5.08.